The molecule has 2 fully saturated rings. The summed E-state index contributed by atoms with van der Waals surface area (Å²) in [5.41, 5.74) is 0. The van der Waals surface area contributed by atoms with E-state index in [-0.39, 0.29) is 28.8 Å². The zero-order valence-corrected chi connectivity index (χ0v) is 15.0. The predicted octanol–water partition coefficient (Wildman–Crippen LogP) is 2.52. The number of benzene rings is 2. The average molecular weight is 358 g/mol. The molecule has 6 heteroatoms. The normalized spacial score (nSPS) is 26.4. The maximum atomic E-state index is 13.3. The van der Waals surface area contributed by atoms with Crippen LogP contribution in [-0.2, 0) is 14.8 Å². The lowest BCUT2D eigenvalue weighted by Crippen LogP contribution is -2.40. The third-order valence-corrected chi connectivity index (χ3v) is 7.20. The summed E-state index contributed by atoms with van der Waals surface area (Å²) < 4.78 is 27.7. The van der Waals surface area contributed by atoms with Crippen LogP contribution in [0.1, 0.15) is 26.2 Å². The van der Waals surface area contributed by atoms with Crippen molar-refractivity contribution >= 4 is 26.7 Å². The molecule has 2 saturated heterocycles. The number of amides is 1. The van der Waals surface area contributed by atoms with E-state index in [1.807, 2.05) is 31.2 Å². The van der Waals surface area contributed by atoms with E-state index >= 15 is 0 Å². The summed E-state index contributed by atoms with van der Waals surface area (Å²) in [4.78, 5) is 13.1. The molecule has 2 aliphatic rings. The Morgan fingerprint density at radius 2 is 1.92 bits per heavy atom. The summed E-state index contributed by atoms with van der Waals surface area (Å²) in [7, 11) is -3.84. The maximum Gasteiger partial charge on any atom is 0.266 e. The van der Waals surface area contributed by atoms with Gasteiger partial charge in [0.15, 0.2) is 0 Å². The van der Waals surface area contributed by atoms with Crippen LogP contribution >= 0.6 is 0 Å². The van der Waals surface area contributed by atoms with Crippen molar-refractivity contribution in [2.45, 2.75) is 43.2 Å². The fourth-order valence-electron chi connectivity index (χ4n) is 4.22. The molecule has 0 radical (unpaired) electrons. The minimum atomic E-state index is -3.84. The van der Waals surface area contributed by atoms with E-state index in [0.29, 0.717) is 6.42 Å². The molecule has 0 aliphatic carbocycles. The maximum absolute atomic E-state index is 13.3. The second-order valence-electron chi connectivity index (χ2n) is 6.88. The molecular formula is C19H22N2O3S. The summed E-state index contributed by atoms with van der Waals surface area (Å²) in [6, 6.07) is 12.4. The highest BCUT2D eigenvalue weighted by Gasteiger charge is 2.54. The van der Waals surface area contributed by atoms with Crippen LogP contribution in [0, 0.1) is 5.92 Å². The van der Waals surface area contributed by atoms with Gasteiger partial charge in [0, 0.05) is 6.04 Å². The van der Waals surface area contributed by atoms with E-state index < -0.39 is 10.0 Å². The number of rotatable bonds is 4. The van der Waals surface area contributed by atoms with Gasteiger partial charge in [0.25, 0.3) is 10.0 Å². The highest BCUT2D eigenvalue weighted by Crippen LogP contribution is 2.37. The molecule has 5 nitrogen and oxygen atoms in total. The lowest BCUT2D eigenvalue weighted by molar-refractivity contribution is -0.128. The van der Waals surface area contributed by atoms with E-state index in [2.05, 4.69) is 5.32 Å². The molecule has 0 spiro atoms. The molecule has 0 aromatic heterocycles. The van der Waals surface area contributed by atoms with Gasteiger partial charge in [-0.1, -0.05) is 43.7 Å². The number of nitrogens with one attached hydrogen (secondary N) is 1. The largest absolute Gasteiger partial charge is 0.311 e. The van der Waals surface area contributed by atoms with Crippen molar-refractivity contribution in [1.29, 1.82) is 0 Å². The van der Waals surface area contributed by atoms with Gasteiger partial charge in [-0.3, -0.25) is 4.79 Å². The van der Waals surface area contributed by atoms with Gasteiger partial charge in [-0.2, -0.15) is 0 Å². The summed E-state index contributed by atoms with van der Waals surface area (Å²) in [5.74, 6) is -0.495. The van der Waals surface area contributed by atoms with Gasteiger partial charge in [0.2, 0.25) is 5.91 Å². The summed E-state index contributed by atoms with van der Waals surface area (Å²) in [6.45, 7) is 2.78. The Kier molecular flexibility index (Phi) is 4.04. The molecule has 0 unspecified atom stereocenters. The molecule has 2 aromatic rings. The van der Waals surface area contributed by atoms with Gasteiger partial charge in [-0.25, -0.2) is 12.7 Å². The van der Waals surface area contributed by atoms with E-state index in [9.17, 15) is 13.2 Å². The Morgan fingerprint density at radius 1 is 1.16 bits per heavy atom. The van der Waals surface area contributed by atoms with Crippen LogP contribution < -0.4 is 5.32 Å². The molecule has 1 N–H and O–H groups in total. The highest BCUT2D eigenvalue weighted by atomic mass is 32.2. The lowest BCUT2D eigenvalue weighted by Gasteiger charge is -2.23. The highest BCUT2D eigenvalue weighted by molar-refractivity contribution is 7.89. The van der Waals surface area contributed by atoms with Gasteiger partial charge in [-0.15, -0.1) is 0 Å². The first-order valence-corrected chi connectivity index (χ1v) is 10.3. The molecule has 2 heterocycles. The van der Waals surface area contributed by atoms with Crippen LogP contribution in [0.3, 0.4) is 0 Å². The first kappa shape index (κ1) is 16.5. The fraction of sp³-hybridized carbons (Fsp3) is 0.421. The van der Waals surface area contributed by atoms with Crippen LogP contribution in [0.25, 0.3) is 10.8 Å². The van der Waals surface area contributed by atoms with Gasteiger partial charge in [0.05, 0.1) is 16.9 Å². The Balaban J connectivity index is 1.77. The molecule has 4 rings (SSSR count). The molecule has 25 heavy (non-hydrogen) atoms. The molecule has 0 saturated carbocycles. The zero-order valence-electron chi connectivity index (χ0n) is 14.2. The van der Waals surface area contributed by atoms with Crippen molar-refractivity contribution < 1.29 is 13.2 Å². The Morgan fingerprint density at radius 3 is 2.68 bits per heavy atom. The Bertz CT molecular complexity index is 925. The molecule has 2 aliphatic heterocycles. The standard InChI is InChI=1S/C19H22N2O3S/c1-2-5-16-18-17(10-11-20-18)21(19(16)22)25(23,24)15-9-8-13-6-3-4-7-14(13)12-15/h3-4,6-9,12,16-18,20H,2,5,10-11H2,1H3/t16-,17+,18-/m0/s1. The van der Waals surface area contributed by atoms with Crippen LogP contribution in [-0.4, -0.2) is 37.3 Å². The zero-order chi connectivity index (χ0) is 17.6. The number of hydrogen-bond donors (Lipinski definition) is 1. The average Bonchev–Trinajstić information content (AvgIpc) is 3.16. The number of sulfonamides is 1. The van der Waals surface area contributed by atoms with E-state index in [1.165, 1.54) is 4.31 Å². The van der Waals surface area contributed by atoms with Crippen molar-refractivity contribution in [1.82, 2.24) is 9.62 Å². The van der Waals surface area contributed by atoms with E-state index in [0.717, 1.165) is 30.2 Å². The van der Waals surface area contributed by atoms with Crippen LogP contribution in [0.4, 0.5) is 0 Å². The second kappa shape index (κ2) is 6.11. The summed E-state index contributed by atoms with van der Waals surface area (Å²) >= 11 is 0. The molecule has 132 valence electrons. The smallest absolute Gasteiger partial charge is 0.266 e. The lowest BCUT2D eigenvalue weighted by atomic mass is 9.95. The van der Waals surface area contributed by atoms with Crippen molar-refractivity contribution in [2.24, 2.45) is 5.92 Å². The fourth-order valence-corrected chi connectivity index (χ4v) is 5.93. The second-order valence-corrected chi connectivity index (χ2v) is 8.69. The number of carbonyl (C=O) groups excluding carboxylic acids is 1. The van der Waals surface area contributed by atoms with Crippen LogP contribution in [0.15, 0.2) is 47.4 Å². The van der Waals surface area contributed by atoms with Crippen molar-refractivity contribution in [3.63, 3.8) is 0 Å². The number of fused-ring (bicyclic) bond motifs is 2. The topological polar surface area (TPSA) is 66.5 Å². The monoisotopic (exact) mass is 358 g/mol. The van der Waals surface area contributed by atoms with Crippen LogP contribution in [0.5, 0.6) is 0 Å². The SMILES string of the molecule is CCC[C@@H]1C(=O)N(S(=O)(=O)c2ccc3ccccc3c2)[C@@H]2CCN[C@@H]12. The minimum absolute atomic E-state index is 0.0531. The first-order valence-electron chi connectivity index (χ1n) is 8.84. The Labute approximate surface area is 148 Å². The quantitative estimate of drug-likeness (QED) is 0.912. The number of carbonyl (C=O) groups is 1. The van der Waals surface area contributed by atoms with Crippen LogP contribution in [0.2, 0.25) is 0 Å². The van der Waals surface area contributed by atoms with Crippen molar-refractivity contribution in [3.05, 3.63) is 42.5 Å². The third kappa shape index (κ3) is 2.55. The number of nitrogens with zero attached hydrogens (tertiary/aromatic N) is 1. The molecule has 1 amide bonds. The van der Waals surface area contributed by atoms with Gasteiger partial charge in [0.1, 0.15) is 0 Å². The molecule has 2 aromatic carbocycles. The van der Waals surface area contributed by atoms with E-state index in [1.54, 1.807) is 18.2 Å². The molecule has 3 atom stereocenters. The minimum Gasteiger partial charge on any atom is -0.311 e. The predicted molar refractivity (Wildman–Crippen MR) is 96.6 cm³/mol. The first-order chi connectivity index (χ1) is 12.0. The third-order valence-electron chi connectivity index (χ3n) is 5.38. The van der Waals surface area contributed by atoms with Gasteiger partial charge >= 0.3 is 0 Å². The van der Waals surface area contributed by atoms with Crippen molar-refractivity contribution in [2.75, 3.05) is 6.54 Å². The van der Waals surface area contributed by atoms with Crippen molar-refractivity contribution in [3.8, 4) is 0 Å². The molecule has 0 bridgehead atoms. The number of hydrogen-bond acceptors (Lipinski definition) is 4. The molecular weight excluding hydrogens is 336 g/mol. The van der Waals surface area contributed by atoms with Gasteiger partial charge in [-0.05, 0) is 42.3 Å². The van der Waals surface area contributed by atoms with E-state index in [4.69, 9.17) is 0 Å². The Hall–Kier alpha value is -1.92. The van der Waals surface area contributed by atoms with Gasteiger partial charge < -0.3 is 5.32 Å². The summed E-state index contributed by atoms with van der Waals surface area (Å²) in [5, 5.41) is 5.19. The summed E-state index contributed by atoms with van der Waals surface area (Å²) in [6.07, 6.45) is 2.27.